The van der Waals surface area contributed by atoms with E-state index >= 15 is 0 Å². The van der Waals surface area contributed by atoms with Crippen molar-refractivity contribution in [2.24, 2.45) is 0 Å². The Morgan fingerprint density at radius 2 is 1.78 bits per heavy atom. The van der Waals surface area contributed by atoms with Gasteiger partial charge in [0.05, 0.1) is 11.6 Å². The van der Waals surface area contributed by atoms with E-state index in [1.165, 1.54) is 12.1 Å². The van der Waals surface area contributed by atoms with Crippen LogP contribution in [0.2, 0.25) is 10.3 Å². The summed E-state index contributed by atoms with van der Waals surface area (Å²) in [6, 6.07) is 11.9. The molecule has 0 bridgehead atoms. The lowest BCUT2D eigenvalue weighted by atomic mass is 10.1. The molecule has 0 saturated heterocycles. The summed E-state index contributed by atoms with van der Waals surface area (Å²) >= 11 is 11.4. The molecule has 0 fully saturated rings. The van der Waals surface area contributed by atoms with Crippen molar-refractivity contribution in [1.29, 1.82) is 0 Å². The van der Waals surface area contributed by atoms with E-state index in [9.17, 15) is 9.59 Å². The van der Waals surface area contributed by atoms with Crippen LogP contribution < -0.4 is 5.32 Å². The molecule has 120 valence electrons. The van der Waals surface area contributed by atoms with Gasteiger partial charge in [-0.25, -0.2) is 9.78 Å². The Labute approximate surface area is 143 Å². The molecule has 0 saturated carbocycles. The molecular formula is C16H14Cl2N2O3. The molecule has 5 nitrogen and oxygen atoms in total. The van der Waals surface area contributed by atoms with E-state index < -0.39 is 18.5 Å². The number of aromatic nitrogens is 1. The van der Waals surface area contributed by atoms with Crippen molar-refractivity contribution >= 4 is 35.1 Å². The lowest BCUT2D eigenvalue weighted by Crippen LogP contribution is -2.31. The summed E-state index contributed by atoms with van der Waals surface area (Å²) in [4.78, 5) is 27.4. The minimum absolute atomic E-state index is 0.0756. The second-order valence-corrected chi connectivity index (χ2v) is 5.55. The first-order chi connectivity index (χ1) is 11.0. The lowest BCUT2D eigenvalue weighted by molar-refractivity contribution is -0.124. The number of hydrogen-bond donors (Lipinski definition) is 1. The van der Waals surface area contributed by atoms with Crippen molar-refractivity contribution in [2.75, 3.05) is 6.61 Å². The van der Waals surface area contributed by atoms with Gasteiger partial charge < -0.3 is 10.1 Å². The first-order valence-corrected chi connectivity index (χ1v) is 7.56. The number of hydrogen-bond acceptors (Lipinski definition) is 4. The molecule has 0 aliphatic carbocycles. The summed E-state index contributed by atoms with van der Waals surface area (Å²) in [5.74, 6) is -1.10. The number of carbonyl (C=O) groups excluding carboxylic acids is 2. The van der Waals surface area contributed by atoms with Crippen molar-refractivity contribution < 1.29 is 14.3 Å². The quantitative estimate of drug-likeness (QED) is 0.661. The minimum atomic E-state index is -0.696. The third kappa shape index (κ3) is 5.23. The zero-order valence-electron chi connectivity index (χ0n) is 12.3. The van der Waals surface area contributed by atoms with Gasteiger partial charge in [-0.15, -0.1) is 0 Å². The molecule has 1 amide bonds. The van der Waals surface area contributed by atoms with Crippen molar-refractivity contribution in [3.8, 4) is 0 Å². The molecule has 1 aromatic heterocycles. The van der Waals surface area contributed by atoms with Crippen LogP contribution in [0, 0.1) is 0 Å². The average Bonchev–Trinajstić information content (AvgIpc) is 2.52. The van der Waals surface area contributed by atoms with E-state index in [-0.39, 0.29) is 21.9 Å². The highest BCUT2D eigenvalue weighted by molar-refractivity contribution is 6.32. The Morgan fingerprint density at radius 3 is 2.39 bits per heavy atom. The standard InChI is InChI=1S/C16H14Cl2N2O3/c1-10(11-5-3-2-4-6-11)19-15(21)9-23-16(22)12-7-13(17)20-14(18)8-12/h2-8,10H,9H2,1H3,(H,19,21)/t10-/m0/s1. The number of halogens is 2. The number of pyridine rings is 1. The normalized spacial score (nSPS) is 11.6. The predicted octanol–water partition coefficient (Wildman–Crippen LogP) is 3.42. The molecule has 23 heavy (non-hydrogen) atoms. The van der Waals surface area contributed by atoms with Crippen LogP contribution in [-0.2, 0) is 9.53 Å². The molecule has 2 aromatic rings. The third-order valence-corrected chi connectivity index (χ3v) is 3.40. The Balaban J connectivity index is 1.87. The van der Waals surface area contributed by atoms with Gasteiger partial charge in [-0.3, -0.25) is 4.79 Å². The van der Waals surface area contributed by atoms with Gasteiger partial charge in [0.1, 0.15) is 10.3 Å². The molecule has 1 N–H and O–H groups in total. The van der Waals surface area contributed by atoms with Gasteiger partial charge >= 0.3 is 5.97 Å². The van der Waals surface area contributed by atoms with Crippen molar-refractivity contribution in [3.63, 3.8) is 0 Å². The summed E-state index contributed by atoms with van der Waals surface area (Å²) in [5, 5.41) is 2.90. The third-order valence-electron chi connectivity index (χ3n) is 3.01. The topological polar surface area (TPSA) is 68.3 Å². The highest BCUT2D eigenvalue weighted by Crippen LogP contribution is 2.15. The Kier molecular flexibility index (Phi) is 5.96. The maximum atomic E-state index is 11.9. The number of esters is 1. The van der Waals surface area contributed by atoms with Gasteiger partial charge in [0.15, 0.2) is 6.61 Å². The number of rotatable bonds is 5. The van der Waals surface area contributed by atoms with E-state index in [2.05, 4.69) is 10.3 Å². The molecule has 1 atom stereocenters. The van der Waals surface area contributed by atoms with Gasteiger partial charge in [0.25, 0.3) is 5.91 Å². The van der Waals surface area contributed by atoms with Crippen LogP contribution in [0.25, 0.3) is 0 Å². The maximum Gasteiger partial charge on any atom is 0.338 e. The van der Waals surface area contributed by atoms with E-state index in [0.29, 0.717) is 0 Å². The summed E-state index contributed by atoms with van der Waals surface area (Å²) in [6.45, 7) is 1.45. The van der Waals surface area contributed by atoms with Crippen molar-refractivity contribution in [3.05, 3.63) is 63.9 Å². The van der Waals surface area contributed by atoms with E-state index in [4.69, 9.17) is 27.9 Å². The second kappa shape index (κ2) is 7.94. The monoisotopic (exact) mass is 352 g/mol. The van der Waals surface area contributed by atoms with E-state index in [1.807, 2.05) is 37.3 Å². The smallest absolute Gasteiger partial charge is 0.338 e. The average molecular weight is 353 g/mol. The summed E-state index contributed by atoms with van der Waals surface area (Å²) in [5.41, 5.74) is 1.10. The molecule has 0 aliphatic heterocycles. The number of amides is 1. The number of nitrogens with one attached hydrogen (secondary N) is 1. The first kappa shape index (κ1) is 17.2. The summed E-state index contributed by atoms with van der Waals surface area (Å²) < 4.78 is 4.94. The lowest BCUT2D eigenvalue weighted by Gasteiger charge is -2.14. The number of benzene rings is 1. The van der Waals surface area contributed by atoms with Crippen LogP contribution in [0.3, 0.4) is 0 Å². The van der Waals surface area contributed by atoms with Crippen LogP contribution in [-0.4, -0.2) is 23.5 Å². The minimum Gasteiger partial charge on any atom is -0.452 e. The summed E-state index contributed by atoms with van der Waals surface area (Å²) in [7, 11) is 0. The Bertz CT molecular complexity index is 687. The van der Waals surface area contributed by atoms with Crippen LogP contribution in [0.4, 0.5) is 0 Å². The fraction of sp³-hybridized carbons (Fsp3) is 0.188. The fourth-order valence-electron chi connectivity index (χ4n) is 1.91. The molecular weight excluding hydrogens is 339 g/mol. The largest absolute Gasteiger partial charge is 0.452 e. The molecule has 0 radical (unpaired) electrons. The van der Waals surface area contributed by atoms with Crippen LogP contribution in [0.1, 0.15) is 28.9 Å². The molecule has 1 aromatic carbocycles. The number of nitrogens with zero attached hydrogens (tertiary/aromatic N) is 1. The van der Waals surface area contributed by atoms with E-state index in [0.717, 1.165) is 5.56 Å². The van der Waals surface area contributed by atoms with Gasteiger partial charge in [-0.1, -0.05) is 53.5 Å². The molecule has 2 rings (SSSR count). The molecule has 7 heteroatoms. The van der Waals surface area contributed by atoms with E-state index in [1.54, 1.807) is 0 Å². The predicted molar refractivity (Wildman–Crippen MR) is 87.5 cm³/mol. The molecule has 0 unspecified atom stereocenters. The molecule has 0 spiro atoms. The molecule has 1 heterocycles. The maximum absolute atomic E-state index is 11.9. The SMILES string of the molecule is C[C@H](NC(=O)COC(=O)c1cc(Cl)nc(Cl)c1)c1ccccc1. The summed E-state index contributed by atoms with van der Waals surface area (Å²) in [6.07, 6.45) is 0. The van der Waals surface area contributed by atoms with Crippen LogP contribution in [0.5, 0.6) is 0 Å². The van der Waals surface area contributed by atoms with Crippen LogP contribution in [0.15, 0.2) is 42.5 Å². The second-order valence-electron chi connectivity index (χ2n) is 4.78. The van der Waals surface area contributed by atoms with Gasteiger partial charge in [-0.2, -0.15) is 0 Å². The zero-order valence-corrected chi connectivity index (χ0v) is 13.8. The van der Waals surface area contributed by atoms with Gasteiger partial charge in [0, 0.05) is 0 Å². The number of carbonyl (C=O) groups is 2. The van der Waals surface area contributed by atoms with Gasteiger partial charge in [-0.05, 0) is 24.6 Å². The highest BCUT2D eigenvalue weighted by Gasteiger charge is 2.14. The van der Waals surface area contributed by atoms with Gasteiger partial charge in [0.2, 0.25) is 0 Å². The first-order valence-electron chi connectivity index (χ1n) is 6.80. The Hall–Kier alpha value is -2.11. The highest BCUT2D eigenvalue weighted by atomic mass is 35.5. The fourth-order valence-corrected chi connectivity index (χ4v) is 2.37. The number of ether oxygens (including phenoxy) is 1. The van der Waals surface area contributed by atoms with Crippen molar-refractivity contribution in [1.82, 2.24) is 10.3 Å². The Morgan fingerprint density at radius 1 is 1.17 bits per heavy atom. The zero-order chi connectivity index (χ0) is 16.8. The van der Waals surface area contributed by atoms with Crippen LogP contribution >= 0.6 is 23.2 Å². The van der Waals surface area contributed by atoms with Crippen molar-refractivity contribution in [2.45, 2.75) is 13.0 Å². The molecule has 0 aliphatic rings.